The Hall–Kier alpha value is -0.340. The van der Waals surface area contributed by atoms with E-state index < -0.39 is 0 Å². The SMILES string of the molecule is CC1CCC(CN)CN1C1/C=C/CCCCC1. The molecule has 0 aromatic heterocycles. The Morgan fingerprint density at radius 2 is 2.06 bits per heavy atom. The van der Waals surface area contributed by atoms with E-state index in [0.29, 0.717) is 6.04 Å². The monoisotopic (exact) mass is 236 g/mol. The number of allylic oxidation sites excluding steroid dienone is 1. The lowest BCUT2D eigenvalue weighted by Gasteiger charge is -2.42. The highest BCUT2D eigenvalue weighted by molar-refractivity contribution is 4.98. The van der Waals surface area contributed by atoms with E-state index in [2.05, 4.69) is 24.0 Å². The zero-order chi connectivity index (χ0) is 12.1. The zero-order valence-electron chi connectivity index (χ0n) is 11.3. The van der Waals surface area contributed by atoms with Crippen molar-refractivity contribution in [1.29, 1.82) is 0 Å². The number of hydrogen-bond acceptors (Lipinski definition) is 2. The highest BCUT2D eigenvalue weighted by Crippen LogP contribution is 2.26. The molecule has 2 rings (SSSR count). The number of piperidine rings is 1. The second-order valence-electron chi connectivity index (χ2n) is 5.86. The maximum absolute atomic E-state index is 5.85. The van der Waals surface area contributed by atoms with Crippen LogP contribution in [0, 0.1) is 5.92 Å². The number of nitrogens with zero attached hydrogens (tertiary/aromatic N) is 1. The fourth-order valence-electron chi connectivity index (χ4n) is 3.29. The molecule has 2 heteroatoms. The molecule has 0 bridgehead atoms. The normalized spacial score (nSPS) is 38.4. The van der Waals surface area contributed by atoms with Crippen LogP contribution >= 0.6 is 0 Å². The van der Waals surface area contributed by atoms with Gasteiger partial charge < -0.3 is 5.73 Å². The van der Waals surface area contributed by atoms with Crippen molar-refractivity contribution in [2.24, 2.45) is 11.7 Å². The van der Waals surface area contributed by atoms with E-state index in [4.69, 9.17) is 5.73 Å². The van der Waals surface area contributed by atoms with Gasteiger partial charge in [-0.3, -0.25) is 4.90 Å². The molecule has 2 aliphatic rings. The molecule has 0 saturated carbocycles. The number of hydrogen-bond donors (Lipinski definition) is 1. The summed E-state index contributed by atoms with van der Waals surface area (Å²) in [6, 6.07) is 1.42. The minimum absolute atomic E-state index is 0.680. The van der Waals surface area contributed by atoms with E-state index in [-0.39, 0.29) is 0 Å². The quantitative estimate of drug-likeness (QED) is 0.747. The first kappa shape index (κ1) is 13.1. The molecule has 17 heavy (non-hydrogen) atoms. The summed E-state index contributed by atoms with van der Waals surface area (Å²) in [6.45, 7) is 4.46. The van der Waals surface area contributed by atoms with Crippen molar-refractivity contribution in [3.63, 3.8) is 0 Å². The van der Waals surface area contributed by atoms with Gasteiger partial charge in [0.1, 0.15) is 0 Å². The second kappa shape index (κ2) is 6.55. The number of rotatable bonds is 2. The Morgan fingerprint density at radius 3 is 2.88 bits per heavy atom. The van der Waals surface area contributed by atoms with Gasteiger partial charge in [-0.2, -0.15) is 0 Å². The van der Waals surface area contributed by atoms with Crippen molar-refractivity contribution in [2.45, 2.75) is 64.0 Å². The highest BCUT2D eigenvalue weighted by atomic mass is 15.2. The van der Waals surface area contributed by atoms with Crippen LogP contribution in [-0.2, 0) is 0 Å². The van der Waals surface area contributed by atoms with Crippen LogP contribution in [0.1, 0.15) is 51.9 Å². The van der Waals surface area contributed by atoms with Crippen LogP contribution in [0.4, 0.5) is 0 Å². The van der Waals surface area contributed by atoms with Crippen molar-refractivity contribution >= 4 is 0 Å². The summed E-state index contributed by atoms with van der Waals surface area (Å²) in [4.78, 5) is 2.71. The van der Waals surface area contributed by atoms with Crippen LogP contribution in [0.2, 0.25) is 0 Å². The van der Waals surface area contributed by atoms with Gasteiger partial charge in [0.05, 0.1) is 0 Å². The molecule has 98 valence electrons. The lowest BCUT2D eigenvalue weighted by molar-refractivity contribution is 0.0876. The Labute approximate surface area is 106 Å². The molecule has 0 aromatic rings. The Morgan fingerprint density at radius 1 is 1.18 bits per heavy atom. The summed E-state index contributed by atoms with van der Waals surface area (Å²) >= 11 is 0. The van der Waals surface area contributed by atoms with E-state index >= 15 is 0 Å². The molecule has 1 aliphatic heterocycles. The van der Waals surface area contributed by atoms with Crippen LogP contribution in [0.25, 0.3) is 0 Å². The minimum atomic E-state index is 0.680. The molecule has 1 saturated heterocycles. The fourth-order valence-corrected chi connectivity index (χ4v) is 3.29. The molecule has 1 heterocycles. The number of nitrogens with two attached hydrogens (primary N) is 1. The van der Waals surface area contributed by atoms with Crippen LogP contribution in [0.3, 0.4) is 0 Å². The van der Waals surface area contributed by atoms with Gasteiger partial charge in [0.2, 0.25) is 0 Å². The summed E-state index contributed by atoms with van der Waals surface area (Å²) < 4.78 is 0. The maximum atomic E-state index is 5.85. The summed E-state index contributed by atoms with van der Waals surface area (Å²) in [7, 11) is 0. The first-order valence-corrected chi connectivity index (χ1v) is 7.43. The molecule has 1 fully saturated rings. The summed E-state index contributed by atoms with van der Waals surface area (Å²) in [5.74, 6) is 0.727. The molecule has 0 aromatic carbocycles. The minimum Gasteiger partial charge on any atom is -0.330 e. The molecule has 3 unspecified atom stereocenters. The standard InChI is InChI=1S/C15H28N2/c1-13-9-10-14(11-16)12-17(13)15-7-5-3-2-4-6-8-15/h5,7,13-15H,2-4,6,8-12,16H2,1H3/b7-5+. The van der Waals surface area contributed by atoms with E-state index in [1.807, 2.05) is 0 Å². The lowest BCUT2D eigenvalue weighted by atomic mass is 9.90. The number of likely N-dealkylation sites (tertiary alicyclic amines) is 1. The average Bonchev–Trinajstić information content (AvgIpc) is 2.30. The smallest absolute Gasteiger partial charge is 0.0281 e. The maximum Gasteiger partial charge on any atom is 0.0281 e. The van der Waals surface area contributed by atoms with Crippen LogP contribution in [0.15, 0.2) is 12.2 Å². The second-order valence-corrected chi connectivity index (χ2v) is 5.86. The van der Waals surface area contributed by atoms with Gasteiger partial charge in [-0.1, -0.05) is 25.0 Å². The Balaban J connectivity index is 1.99. The van der Waals surface area contributed by atoms with Gasteiger partial charge in [0.25, 0.3) is 0 Å². The molecule has 1 aliphatic carbocycles. The van der Waals surface area contributed by atoms with Crippen molar-refractivity contribution in [2.75, 3.05) is 13.1 Å². The average molecular weight is 236 g/mol. The Kier molecular flexibility index (Phi) is 5.05. The molecule has 3 atom stereocenters. The van der Waals surface area contributed by atoms with E-state index in [1.165, 1.54) is 51.5 Å². The predicted octanol–water partition coefficient (Wildman–Crippen LogP) is 2.93. The van der Waals surface area contributed by atoms with E-state index in [0.717, 1.165) is 18.5 Å². The van der Waals surface area contributed by atoms with Crippen LogP contribution in [0.5, 0.6) is 0 Å². The predicted molar refractivity (Wildman–Crippen MR) is 74.0 cm³/mol. The molecular formula is C15H28N2. The van der Waals surface area contributed by atoms with Gasteiger partial charge in [0.15, 0.2) is 0 Å². The fraction of sp³-hybridized carbons (Fsp3) is 0.867. The van der Waals surface area contributed by atoms with Crippen molar-refractivity contribution < 1.29 is 0 Å². The van der Waals surface area contributed by atoms with Crippen molar-refractivity contribution in [3.05, 3.63) is 12.2 Å². The van der Waals surface area contributed by atoms with Crippen molar-refractivity contribution in [1.82, 2.24) is 4.90 Å². The lowest BCUT2D eigenvalue weighted by Crippen LogP contribution is -2.48. The van der Waals surface area contributed by atoms with E-state index in [9.17, 15) is 0 Å². The summed E-state index contributed by atoms with van der Waals surface area (Å²) in [6.07, 6.45) is 14.3. The van der Waals surface area contributed by atoms with Gasteiger partial charge in [-0.25, -0.2) is 0 Å². The Bertz CT molecular complexity index is 249. The van der Waals surface area contributed by atoms with Gasteiger partial charge in [-0.05, 0) is 51.5 Å². The molecule has 0 radical (unpaired) electrons. The third-order valence-electron chi connectivity index (χ3n) is 4.52. The van der Waals surface area contributed by atoms with Crippen LogP contribution in [-0.4, -0.2) is 30.1 Å². The first-order valence-electron chi connectivity index (χ1n) is 7.43. The largest absolute Gasteiger partial charge is 0.330 e. The van der Waals surface area contributed by atoms with Crippen LogP contribution < -0.4 is 5.73 Å². The summed E-state index contributed by atoms with van der Waals surface area (Å²) in [5, 5.41) is 0. The van der Waals surface area contributed by atoms with Gasteiger partial charge >= 0.3 is 0 Å². The van der Waals surface area contributed by atoms with Gasteiger partial charge in [-0.15, -0.1) is 0 Å². The molecular weight excluding hydrogens is 208 g/mol. The van der Waals surface area contributed by atoms with Crippen molar-refractivity contribution in [3.8, 4) is 0 Å². The molecule has 2 N–H and O–H groups in total. The van der Waals surface area contributed by atoms with E-state index in [1.54, 1.807) is 0 Å². The molecule has 0 spiro atoms. The zero-order valence-corrected chi connectivity index (χ0v) is 11.3. The van der Waals surface area contributed by atoms with Gasteiger partial charge in [0, 0.05) is 18.6 Å². The summed E-state index contributed by atoms with van der Waals surface area (Å²) in [5.41, 5.74) is 5.85. The topological polar surface area (TPSA) is 29.3 Å². The molecule has 2 nitrogen and oxygen atoms in total. The third kappa shape index (κ3) is 3.56. The highest BCUT2D eigenvalue weighted by Gasteiger charge is 2.28. The first-order chi connectivity index (χ1) is 8.31. The molecule has 0 amide bonds. The third-order valence-corrected chi connectivity index (χ3v) is 4.52.